The first-order valence-electron chi connectivity index (χ1n) is 5.96. The van der Waals surface area contributed by atoms with E-state index in [4.69, 9.17) is 9.47 Å². The van der Waals surface area contributed by atoms with Crippen LogP contribution in [0.1, 0.15) is 33.6 Å². The molecule has 17 heavy (non-hydrogen) atoms. The molecule has 1 N–H and O–H groups in total. The molecule has 0 aromatic heterocycles. The fraction of sp³-hybridized carbons (Fsp3) is 0.833. The highest BCUT2D eigenvalue weighted by molar-refractivity contribution is 5.83. The van der Waals surface area contributed by atoms with Crippen LogP contribution in [0.15, 0.2) is 0 Å². The summed E-state index contributed by atoms with van der Waals surface area (Å²) in [6.07, 6.45) is 1.44. The van der Waals surface area contributed by atoms with Gasteiger partial charge >= 0.3 is 5.97 Å². The molecule has 0 bridgehead atoms. The lowest BCUT2D eigenvalue weighted by Gasteiger charge is -2.22. The predicted octanol–water partition coefficient (Wildman–Crippen LogP) is 0.871. The quantitative estimate of drug-likeness (QED) is 0.747. The summed E-state index contributed by atoms with van der Waals surface area (Å²) in [6.45, 7) is 6.56. The van der Waals surface area contributed by atoms with Crippen LogP contribution in [-0.4, -0.2) is 37.2 Å². The Bertz CT molecular complexity index is 277. The maximum Gasteiger partial charge on any atom is 0.325 e. The van der Waals surface area contributed by atoms with Gasteiger partial charge in [0.05, 0.1) is 0 Å². The molecule has 1 heterocycles. The molecule has 1 aliphatic heterocycles. The van der Waals surface area contributed by atoms with E-state index in [1.165, 1.54) is 0 Å². The van der Waals surface area contributed by atoms with Crippen molar-refractivity contribution in [2.45, 2.75) is 39.2 Å². The maximum absolute atomic E-state index is 11.7. The zero-order valence-corrected chi connectivity index (χ0v) is 10.7. The van der Waals surface area contributed by atoms with E-state index in [9.17, 15) is 9.59 Å². The van der Waals surface area contributed by atoms with E-state index in [0.717, 1.165) is 12.8 Å². The zero-order valence-electron chi connectivity index (χ0n) is 10.7. The number of esters is 1. The molecule has 0 aromatic carbocycles. The highest BCUT2D eigenvalue weighted by atomic mass is 16.6. The second kappa shape index (κ2) is 6.00. The van der Waals surface area contributed by atoms with E-state index in [1.807, 2.05) is 0 Å². The third-order valence-electron chi connectivity index (χ3n) is 2.42. The highest BCUT2D eigenvalue weighted by Gasteiger charge is 2.23. The molecular formula is C12H21NO4. The molecule has 0 aliphatic carbocycles. The van der Waals surface area contributed by atoms with Gasteiger partial charge in [-0.3, -0.25) is 9.59 Å². The number of carbonyl (C=O) groups is 2. The first kappa shape index (κ1) is 14.0. The molecule has 1 saturated heterocycles. The smallest absolute Gasteiger partial charge is 0.325 e. The van der Waals surface area contributed by atoms with Crippen molar-refractivity contribution in [3.63, 3.8) is 0 Å². The standard InChI is InChI=1S/C12H21NO4/c1-12(2,3)17-10(14)8-13-11(15)9-4-6-16-7-5-9/h9H,4-8H2,1-3H3,(H,13,15). The van der Waals surface area contributed by atoms with Crippen LogP contribution >= 0.6 is 0 Å². The fourth-order valence-corrected chi connectivity index (χ4v) is 1.64. The Kier molecular flexibility index (Phi) is 4.93. The maximum atomic E-state index is 11.7. The van der Waals surface area contributed by atoms with Gasteiger partial charge in [0.1, 0.15) is 12.1 Å². The Morgan fingerprint density at radius 3 is 2.41 bits per heavy atom. The van der Waals surface area contributed by atoms with Gasteiger partial charge < -0.3 is 14.8 Å². The van der Waals surface area contributed by atoms with E-state index >= 15 is 0 Å². The molecule has 1 rings (SSSR count). The molecule has 5 nitrogen and oxygen atoms in total. The summed E-state index contributed by atoms with van der Waals surface area (Å²) < 4.78 is 10.3. The van der Waals surface area contributed by atoms with Gasteiger partial charge in [0.25, 0.3) is 0 Å². The molecule has 1 aliphatic rings. The van der Waals surface area contributed by atoms with Crippen molar-refractivity contribution in [2.24, 2.45) is 5.92 Å². The summed E-state index contributed by atoms with van der Waals surface area (Å²) in [7, 11) is 0. The summed E-state index contributed by atoms with van der Waals surface area (Å²) in [5.41, 5.74) is -0.513. The lowest BCUT2D eigenvalue weighted by molar-refractivity contribution is -0.154. The van der Waals surface area contributed by atoms with Crippen LogP contribution in [0.4, 0.5) is 0 Å². The molecule has 0 aromatic rings. The zero-order chi connectivity index (χ0) is 12.9. The molecule has 0 saturated carbocycles. The van der Waals surface area contributed by atoms with E-state index in [2.05, 4.69) is 5.32 Å². The molecule has 0 radical (unpaired) electrons. The number of rotatable bonds is 3. The van der Waals surface area contributed by atoms with Gasteiger partial charge in [-0.05, 0) is 33.6 Å². The average Bonchev–Trinajstić information content (AvgIpc) is 2.25. The minimum Gasteiger partial charge on any atom is -0.459 e. The second-order valence-electron chi connectivity index (χ2n) is 5.19. The normalized spacial score (nSPS) is 17.6. The van der Waals surface area contributed by atoms with Crippen LogP contribution in [0.5, 0.6) is 0 Å². The Morgan fingerprint density at radius 2 is 1.88 bits per heavy atom. The van der Waals surface area contributed by atoms with Gasteiger partial charge in [-0.2, -0.15) is 0 Å². The SMILES string of the molecule is CC(C)(C)OC(=O)CNC(=O)C1CCOCC1. The van der Waals surface area contributed by atoms with Crippen LogP contribution in [0, 0.1) is 5.92 Å². The molecule has 0 unspecified atom stereocenters. The van der Waals surface area contributed by atoms with Gasteiger partial charge in [-0.25, -0.2) is 0 Å². The van der Waals surface area contributed by atoms with Crippen molar-refractivity contribution in [1.29, 1.82) is 0 Å². The summed E-state index contributed by atoms with van der Waals surface area (Å²) in [6, 6.07) is 0. The molecule has 0 spiro atoms. The first-order valence-corrected chi connectivity index (χ1v) is 5.96. The molecule has 98 valence electrons. The Hall–Kier alpha value is -1.10. The highest BCUT2D eigenvalue weighted by Crippen LogP contribution is 2.14. The third kappa shape index (κ3) is 5.68. The first-order chi connectivity index (χ1) is 7.88. The molecule has 1 fully saturated rings. The largest absolute Gasteiger partial charge is 0.459 e. The predicted molar refractivity (Wildman–Crippen MR) is 62.4 cm³/mol. The minimum absolute atomic E-state index is 0.0359. The molecular weight excluding hydrogens is 222 g/mol. The lowest BCUT2D eigenvalue weighted by Crippen LogP contribution is -2.39. The van der Waals surface area contributed by atoms with Crippen LogP contribution in [0.3, 0.4) is 0 Å². The monoisotopic (exact) mass is 243 g/mol. The Balaban J connectivity index is 2.25. The Labute approximate surface area is 102 Å². The average molecular weight is 243 g/mol. The van der Waals surface area contributed by atoms with Crippen molar-refractivity contribution in [2.75, 3.05) is 19.8 Å². The van der Waals surface area contributed by atoms with Crippen LogP contribution < -0.4 is 5.32 Å². The summed E-state index contributed by atoms with van der Waals surface area (Å²) in [5, 5.41) is 2.61. The van der Waals surface area contributed by atoms with Crippen LogP contribution in [-0.2, 0) is 19.1 Å². The number of carbonyl (C=O) groups excluding carboxylic acids is 2. The van der Waals surface area contributed by atoms with Crippen molar-refractivity contribution in [3.8, 4) is 0 Å². The van der Waals surface area contributed by atoms with E-state index in [1.54, 1.807) is 20.8 Å². The van der Waals surface area contributed by atoms with Crippen LogP contribution in [0.2, 0.25) is 0 Å². The molecule has 0 atom stereocenters. The van der Waals surface area contributed by atoms with Gasteiger partial charge in [0, 0.05) is 19.1 Å². The Morgan fingerprint density at radius 1 is 1.29 bits per heavy atom. The summed E-state index contributed by atoms with van der Waals surface area (Å²) >= 11 is 0. The number of ether oxygens (including phenoxy) is 2. The molecule has 1 amide bonds. The fourth-order valence-electron chi connectivity index (χ4n) is 1.64. The van der Waals surface area contributed by atoms with Crippen molar-refractivity contribution in [3.05, 3.63) is 0 Å². The van der Waals surface area contributed by atoms with E-state index < -0.39 is 11.6 Å². The van der Waals surface area contributed by atoms with Gasteiger partial charge in [0.2, 0.25) is 5.91 Å². The number of nitrogens with one attached hydrogen (secondary N) is 1. The van der Waals surface area contributed by atoms with Crippen LogP contribution in [0.25, 0.3) is 0 Å². The topological polar surface area (TPSA) is 64.6 Å². The van der Waals surface area contributed by atoms with Crippen molar-refractivity contribution < 1.29 is 19.1 Å². The number of hydrogen-bond donors (Lipinski definition) is 1. The number of amides is 1. The lowest BCUT2D eigenvalue weighted by atomic mass is 9.99. The van der Waals surface area contributed by atoms with Gasteiger partial charge in [-0.1, -0.05) is 0 Å². The van der Waals surface area contributed by atoms with Gasteiger partial charge in [0.15, 0.2) is 0 Å². The van der Waals surface area contributed by atoms with E-state index in [-0.39, 0.29) is 18.4 Å². The van der Waals surface area contributed by atoms with E-state index in [0.29, 0.717) is 13.2 Å². The van der Waals surface area contributed by atoms with Crippen molar-refractivity contribution >= 4 is 11.9 Å². The minimum atomic E-state index is -0.513. The van der Waals surface area contributed by atoms with Gasteiger partial charge in [-0.15, -0.1) is 0 Å². The second-order valence-corrected chi connectivity index (χ2v) is 5.19. The van der Waals surface area contributed by atoms with Crippen molar-refractivity contribution in [1.82, 2.24) is 5.32 Å². The third-order valence-corrected chi connectivity index (χ3v) is 2.42. The summed E-state index contributed by atoms with van der Waals surface area (Å²) in [4.78, 5) is 23.1. The number of hydrogen-bond acceptors (Lipinski definition) is 4. The molecule has 5 heteroatoms. The summed E-state index contributed by atoms with van der Waals surface area (Å²) in [5.74, 6) is -0.525.